The SMILES string of the molecule is CCC(CC(N)=NO)NCC(=O)NC(C)(C)C. The molecule has 17 heavy (non-hydrogen) atoms. The van der Waals surface area contributed by atoms with E-state index in [1.807, 2.05) is 27.7 Å². The number of amidine groups is 1. The van der Waals surface area contributed by atoms with Crippen LogP contribution in [0.3, 0.4) is 0 Å². The highest BCUT2D eigenvalue weighted by Gasteiger charge is 2.15. The second-order valence-electron chi connectivity index (χ2n) is 5.08. The van der Waals surface area contributed by atoms with Gasteiger partial charge in [0.15, 0.2) is 0 Å². The van der Waals surface area contributed by atoms with Gasteiger partial charge in [-0.25, -0.2) is 0 Å². The molecule has 0 radical (unpaired) electrons. The number of nitrogens with two attached hydrogens (primary N) is 1. The van der Waals surface area contributed by atoms with Gasteiger partial charge in [0.2, 0.25) is 5.91 Å². The molecule has 1 atom stereocenters. The van der Waals surface area contributed by atoms with Gasteiger partial charge >= 0.3 is 0 Å². The predicted octanol–water partition coefficient (Wildman–Crippen LogP) is 0.406. The van der Waals surface area contributed by atoms with Crippen molar-refractivity contribution in [2.45, 2.75) is 52.1 Å². The number of nitrogens with one attached hydrogen (secondary N) is 2. The van der Waals surface area contributed by atoms with Crippen LogP contribution in [0.15, 0.2) is 5.16 Å². The largest absolute Gasteiger partial charge is 0.409 e. The Balaban J connectivity index is 4.03. The molecule has 0 aromatic rings. The number of amides is 1. The number of nitrogens with zero attached hydrogens (tertiary/aromatic N) is 1. The molecule has 0 aliphatic carbocycles. The first-order valence-corrected chi connectivity index (χ1v) is 5.79. The van der Waals surface area contributed by atoms with Crippen LogP contribution in [0.1, 0.15) is 40.5 Å². The predicted molar refractivity (Wildman–Crippen MR) is 68.0 cm³/mol. The lowest BCUT2D eigenvalue weighted by molar-refractivity contribution is -0.121. The fourth-order valence-corrected chi connectivity index (χ4v) is 1.35. The van der Waals surface area contributed by atoms with Crippen LogP contribution in [0.2, 0.25) is 0 Å². The van der Waals surface area contributed by atoms with Gasteiger partial charge in [-0.05, 0) is 27.2 Å². The smallest absolute Gasteiger partial charge is 0.234 e. The van der Waals surface area contributed by atoms with Crippen molar-refractivity contribution in [2.24, 2.45) is 10.9 Å². The van der Waals surface area contributed by atoms with Crippen LogP contribution in [0, 0.1) is 0 Å². The molecular formula is C11H24N4O2. The molecule has 0 saturated carbocycles. The maximum atomic E-state index is 11.5. The van der Waals surface area contributed by atoms with Crippen LogP contribution in [0.25, 0.3) is 0 Å². The minimum Gasteiger partial charge on any atom is -0.409 e. The summed E-state index contributed by atoms with van der Waals surface area (Å²) >= 11 is 0. The molecule has 0 heterocycles. The number of hydrogen-bond acceptors (Lipinski definition) is 4. The van der Waals surface area contributed by atoms with Gasteiger partial charge in [-0.15, -0.1) is 0 Å². The molecule has 6 heteroatoms. The summed E-state index contributed by atoms with van der Waals surface area (Å²) in [6, 6.07) is 0.0385. The molecular weight excluding hydrogens is 220 g/mol. The van der Waals surface area contributed by atoms with Gasteiger partial charge in [-0.3, -0.25) is 4.79 Å². The highest BCUT2D eigenvalue weighted by Crippen LogP contribution is 1.99. The Bertz CT molecular complexity index is 271. The van der Waals surface area contributed by atoms with Gasteiger partial charge in [-0.1, -0.05) is 12.1 Å². The van der Waals surface area contributed by atoms with Crippen molar-refractivity contribution in [1.82, 2.24) is 10.6 Å². The molecule has 0 bridgehead atoms. The average Bonchev–Trinajstić information content (AvgIpc) is 2.21. The van der Waals surface area contributed by atoms with E-state index in [0.29, 0.717) is 6.42 Å². The van der Waals surface area contributed by atoms with Crippen molar-refractivity contribution >= 4 is 11.7 Å². The van der Waals surface area contributed by atoms with Crippen molar-refractivity contribution in [3.05, 3.63) is 0 Å². The Hall–Kier alpha value is -1.30. The summed E-state index contributed by atoms with van der Waals surface area (Å²) in [5, 5.41) is 17.3. The van der Waals surface area contributed by atoms with Gasteiger partial charge in [0.05, 0.1) is 6.54 Å². The lowest BCUT2D eigenvalue weighted by Gasteiger charge is -2.22. The number of hydrogen-bond donors (Lipinski definition) is 4. The summed E-state index contributed by atoms with van der Waals surface area (Å²) in [6.45, 7) is 7.99. The molecule has 0 spiro atoms. The van der Waals surface area contributed by atoms with Gasteiger partial charge in [-0.2, -0.15) is 0 Å². The van der Waals surface area contributed by atoms with E-state index >= 15 is 0 Å². The summed E-state index contributed by atoms with van der Waals surface area (Å²) in [7, 11) is 0. The van der Waals surface area contributed by atoms with E-state index in [9.17, 15) is 4.79 Å². The van der Waals surface area contributed by atoms with Crippen LogP contribution in [-0.2, 0) is 4.79 Å². The molecule has 0 aliphatic rings. The molecule has 0 aliphatic heterocycles. The van der Waals surface area contributed by atoms with E-state index in [2.05, 4.69) is 15.8 Å². The topological polar surface area (TPSA) is 99.7 Å². The van der Waals surface area contributed by atoms with Crippen LogP contribution >= 0.6 is 0 Å². The lowest BCUT2D eigenvalue weighted by atomic mass is 10.1. The molecule has 0 rings (SSSR count). The zero-order valence-corrected chi connectivity index (χ0v) is 11.1. The Morgan fingerprint density at radius 1 is 1.47 bits per heavy atom. The van der Waals surface area contributed by atoms with Crippen molar-refractivity contribution in [3.63, 3.8) is 0 Å². The van der Waals surface area contributed by atoms with Crippen molar-refractivity contribution in [2.75, 3.05) is 6.54 Å². The van der Waals surface area contributed by atoms with Gasteiger partial charge in [0.25, 0.3) is 0 Å². The average molecular weight is 244 g/mol. The van der Waals surface area contributed by atoms with Crippen LogP contribution < -0.4 is 16.4 Å². The lowest BCUT2D eigenvalue weighted by Crippen LogP contribution is -2.47. The fraction of sp³-hybridized carbons (Fsp3) is 0.818. The normalized spacial score (nSPS) is 14.5. The molecule has 0 fully saturated rings. The van der Waals surface area contributed by atoms with Crippen LogP contribution in [-0.4, -0.2) is 35.1 Å². The van der Waals surface area contributed by atoms with Gasteiger partial charge < -0.3 is 21.6 Å². The highest BCUT2D eigenvalue weighted by atomic mass is 16.4. The molecule has 1 unspecified atom stereocenters. The summed E-state index contributed by atoms with van der Waals surface area (Å²) in [5.74, 6) is 0.107. The van der Waals surface area contributed by atoms with E-state index in [1.165, 1.54) is 0 Å². The van der Waals surface area contributed by atoms with E-state index in [-0.39, 0.29) is 29.9 Å². The zero-order valence-electron chi connectivity index (χ0n) is 11.1. The molecule has 0 aromatic carbocycles. The molecule has 1 amide bonds. The first-order valence-electron chi connectivity index (χ1n) is 5.79. The first kappa shape index (κ1) is 15.7. The summed E-state index contributed by atoms with van der Waals surface area (Å²) in [4.78, 5) is 11.5. The number of carbonyl (C=O) groups is 1. The van der Waals surface area contributed by atoms with E-state index in [1.54, 1.807) is 0 Å². The fourth-order valence-electron chi connectivity index (χ4n) is 1.35. The quantitative estimate of drug-likeness (QED) is 0.235. The maximum absolute atomic E-state index is 11.5. The van der Waals surface area contributed by atoms with E-state index in [0.717, 1.165) is 6.42 Å². The van der Waals surface area contributed by atoms with Crippen molar-refractivity contribution in [1.29, 1.82) is 0 Å². The van der Waals surface area contributed by atoms with Crippen molar-refractivity contribution < 1.29 is 10.0 Å². The van der Waals surface area contributed by atoms with Crippen LogP contribution in [0.4, 0.5) is 0 Å². The van der Waals surface area contributed by atoms with E-state index < -0.39 is 0 Å². The first-order chi connectivity index (χ1) is 7.78. The number of rotatable bonds is 6. The third-order valence-corrected chi connectivity index (χ3v) is 2.14. The van der Waals surface area contributed by atoms with Crippen LogP contribution in [0.5, 0.6) is 0 Å². The Morgan fingerprint density at radius 3 is 2.47 bits per heavy atom. The maximum Gasteiger partial charge on any atom is 0.234 e. The molecule has 100 valence electrons. The monoisotopic (exact) mass is 244 g/mol. The molecule has 0 saturated heterocycles. The van der Waals surface area contributed by atoms with Gasteiger partial charge in [0, 0.05) is 18.0 Å². The summed E-state index contributed by atoms with van der Waals surface area (Å²) < 4.78 is 0. The Kier molecular flexibility index (Phi) is 6.57. The minimum absolute atomic E-state index is 0.0385. The van der Waals surface area contributed by atoms with Crippen molar-refractivity contribution in [3.8, 4) is 0 Å². The standard InChI is InChI=1S/C11H24N4O2/c1-5-8(6-9(12)15-17)13-7-10(16)14-11(2,3)4/h8,13,17H,5-7H2,1-4H3,(H2,12,15)(H,14,16). The minimum atomic E-state index is -0.230. The summed E-state index contributed by atoms with van der Waals surface area (Å²) in [5.41, 5.74) is 5.19. The summed E-state index contributed by atoms with van der Waals surface area (Å²) in [6.07, 6.45) is 1.23. The second kappa shape index (κ2) is 7.11. The molecule has 0 aromatic heterocycles. The third-order valence-electron chi connectivity index (χ3n) is 2.14. The number of carbonyl (C=O) groups excluding carboxylic acids is 1. The Labute approximate surface area is 103 Å². The molecule has 5 N–H and O–H groups in total. The van der Waals surface area contributed by atoms with E-state index in [4.69, 9.17) is 10.9 Å². The molecule has 6 nitrogen and oxygen atoms in total. The second-order valence-corrected chi connectivity index (χ2v) is 5.08. The zero-order chi connectivity index (χ0) is 13.5. The highest BCUT2D eigenvalue weighted by molar-refractivity contribution is 5.81. The van der Waals surface area contributed by atoms with Gasteiger partial charge in [0.1, 0.15) is 5.84 Å². The third kappa shape index (κ3) is 8.50. The Morgan fingerprint density at radius 2 is 2.06 bits per heavy atom. The number of oxime groups is 1.